The van der Waals surface area contributed by atoms with Gasteiger partial charge in [-0.2, -0.15) is 0 Å². The van der Waals surface area contributed by atoms with Gasteiger partial charge in [0.25, 0.3) is 0 Å². The van der Waals surface area contributed by atoms with Crippen LogP contribution in [0.1, 0.15) is 25.1 Å². The maximum Gasteiger partial charge on any atom is 0.321 e. The van der Waals surface area contributed by atoms with Crippen molar-refractivity contribution in [2.75, 3.05) is 32.7 Å². The van der Waals surface area contributed by atoms with Crippen molar-refractivity contribution in [1.82, 2.24) is 20.4 Å². The van der Waals surface area contributed by atoms with Crippen LogP contribution in [0.15, 0.2) is 12.1 Å². The van der Waals surface area contributed by atoms with Crippen molar-refractivity contribution in [2.24, 2.45) is 0 Å². The highest BCUT2D eigenvalue weighted by Gasteiger charge is 2.20. The minimum absolute atomic E-state index is 0.0621. The van der Waals surface area contributed by atoms with Crippen LogP contribution in [0.5, 0.6) is 0 Å². The van der Waals surface area contributed by atoms with Crippen LogP contribution in [0.25, 0.3) is 0 Å². The van der Waals surface area contributed by atoms with Crippen LogP contribution in [-0.4, -0.2) is 60.5 Å². The number of urea groups is 1. The molecule has 2 heterocycles. The van der Waals surface area contributed by atoms with Gasteiger partial charge in [0, 0.05) is 43.6 Å². The molecule has 1 aliphatic rings. The molecule has 2 rings (SSSR count). The molecule has 1 aromatic rings. The maximum atomic E-state index is 11.9. The highest BCUT2D eigenvalue weighted by Crippen LogP contribution is 2.23. The average molecular weight is 373 g/mol. The van der Waals surface area contributed by atoms with Gasteiger partial charge in [-0.05, 0) is 25.5 Å². The van der Waals surface area contributed by atoms with Gasteiger partial charge in [0.1, 0.15) is 0 Å². The number of imide groups is 1. The van der Waals surface area contributed by atoms with E-state index in [2.05, 4.69) is 26.5 Å². The topological polar surface area (TPSA) is 64.7 Å². The van der Waals surface area contributed by atoms with E-state index in [9.17, 15) is 9.59 Å². The number of amides is 3. The fourth-order valence-corrected chi connectivity index (χ4v) is 3.62. The van der Waals surface area contributed by atoms with Gasteiger partial charge in [-0.25, -0.2) is 4.79 Å². The molecule has 0 unspecified atom stereocenters. The van der Waals surface area contributed by atoms with Crippen LogP contribution in [0.2, 0.25) is 4.34 Å². The molecule has 24 heavy (non-hydrogen) atoms. The van der Waals surface area contributed by atoms with Crippen molar-refractivity contribution >= 4 is 34.9 Å². The summed E-state index contributed by atoms with van der Waals surface area (Å²) in [5.41, 5.74) is 0. The van der Waals surface area contributed by atoms with E-state index in [1.165, 1.54) is 4.88 Å². The summed E-state index contributed by atoms with van der Waals surface area (Å²) in [6.07, 6.45) is 0.832. The van der Waals surface area contributed by atoms with Gasteiger partial charge < -0.3 is 5.32 Å². The zero-order valence-electron chi connectivity index (χ0n) is 14.2. The summed E-state index contributed by atoms with van der Waals surface area (Å²) < 4.78 is 0.816. The van der Waals surface area contributed by atoms with Crippen molar-refractivity contribution in [3.63, 3.8) is 0 Å². The number of nitrogens with zero attached hydrogens (tertiary/aromatic N) is 2. The number of hydrogen-bond donors (Lipinski definition) is 2. The fraction of sp³-hybridized carbons (Fsp3) is 0.625. The molecule has 3 amide bonds. The fourth-order valence-electron chi connectivity index (χ4n) is 2.49. The lowest BCUT2D eigenvalue weighted by Gasteiger charge is -2.33. The van der Waals surface area contributed by atoms with Crippen LogP contribution in [0, 0.1) is 0 Å². The van der Waals surface area contributed by atoms with E-state index in [1.54, 1.807) is 11.3 Å². The first-order valence-electron chi connectivity index (χ1n) is 8.25. The molecule has 1 fully saturated rings. The molecule has 0 aromatic carbocycles. The zero-order chi connectivity index (χ0) is 17.5. The second-order valence-corrected chi connectivity index (χ2v) is 7.89. The number of carbonyl (C=O) groups is 2. The third kappa shape index (κ3) is 6.39. The summed E-state index contributed by atoms with van der Waals surface area (Å²) in [5.74, 6) is -0.255. The van der Waals surface area contributed by atoms with Gasteiger partial charge in [-0.3, -0.25) is 19.9 Å². The van der Waals surface area contributed by atoms with E-state index in [0.29, 0.717) is 0 Å². The summed E-state index contributed by atoms with van der Waals surface area (Å²) in [5, 5.41) is 5.12. The Balaban J connectivity index is 1.67. The zero-order valence-corrected chi connectivity index (χ0v) is 15.8. The van der Waals surface area contributed by atoms with Crippen molar-refractivity contribution in [3.05, 3.63) is 21.3 Å². The summed E-state index contributed by atoms with van der Waals surface area (Å²) in [6, 6.07) is 3.63. The van der Waals surface area contributed by atoms with Gasteiger partial charge in [-0.1, -0.05) is 18.5 Å². The molecule has 0 spiro atoms. The van der Waals surface area contributed by atoms with Gasteiger partial charge in [0.15, 0.2) is 0 Å². The Bertz CT molecular complexity index is 558. The molecule has 1 atom stereocenters. The summed E-state index contributed by atoms with van der Waals surface area (Å²) in [7, 11) is 0. The Hall–Kier alpha value is -1.15. The molecule has 0 saturated carbocycles. The van der Waals surface area contributed by atoms with Crippen LogP contribution < -0.4 is 10.6 Å². The molecule has 6 nitrogen and oxygen atoms in total. The predicted octanol–water partition coefficient (Wildman–Crippen LogP) is 2.14. The minimum atomic E-state index is -0.414. The molecular formula is C16H25ClN4O2S. The van der Waals surface area contributed by atoms with Crippen LogP contribution in [-0.2, 0) is 11.3 Å². The van der Waals surface area contributed by atoms with Gasteiger partial charge in [0.05, 0.1) is 10.9 Å². The second kappa shape index (κ2) is 9.36. The van der Waals surface area contributed by atoms with E-state index in [-0.39, 0.29) is 18.5 Å². The van der Waals surface area contributed by atoms with Crippen molar-refractivity contribution in [1.29, 1.82) is 0 Å². The molecule has 0 aliphatic carbocycles. The Kier molecular flexibility index (Phi) is 7.48. The van der Waals surface area contributed by atoms with E-state index in [4.69, 9.17) is 11.6 Å². The summed E-state index contributed by atoms with van der Waals surface area (Å²) in [4.78, 5) is 29.3. The summed E-state index contributed by atoms with van der Waals surface area (Å²) in [6.45, 7) is 8.49. The molecule has 1 aliphatic heterocycles. The molecule has 0 radical (unpaired) electrons. The minimum Gasteiger partial charge on any atom is -0.335 e. The quantitative estimate of drug-likeness (QED) is 0.803. The normalized spacial score (nSPS) is 17.5. The predicted molar refractivity (Wildman–Crippen MR) is 97.5 cm³/mol. The number of thiophene rings is 1. The molecule has 1 saturated heterocycles. The number of rotatable bonds is 6. The SMILES string of the molecule is CC[C@@H](C)NC(=O)NC(=O)CN1CCN(Cc2ccc(Cl)s2)CC1. The maximum absolute atomic E-state index is 11.9. The van der Waals surface area contributed by atoms with Gasteiger partial charge in [0.2, 0.25) is 5.91 Å². The Morgan fingerprint density at radius 1 is 1.25 bits per heavy atom. The van der Waals surface area contributed by atoms with Crippen LogP contribution in [0.4, 0.5) is 4.79 Å². The van der Waals surface area contributed by atoms with Crippen molar-refractivity contribution in [2.45, 2.75) is 32.9 Å². The lowest BCUT2D eigenvalue weighted by Crippen LogP contribution is -2.51. The van der Waals surface area contributed by atoms with Crippen molar-refractivity contribution < 1.29 is 9.59 Å². The van der Waals surface area contributed by atoms with Crippen molar-refractivity contribution in [3.8, 4) is 0 Å². The highest BCUT2D eigenvalue weighted by molar-refractivity contribution is 7.16. The van der Waals surface area contributed by atoms with Crippen LogP contribution in [0.3, 0.4) is 0 Å². The third-order valence-corrected chi connectivity index (χ3v) is 5.30. The van der Waals surface area contributed by atoms with E-state index < -0.39 is 6.03 Å². The highest BCUT2D eigenvalue weighted by atomic mass is 35.5. The first kappa shape index (κ1) is 19.2. The molecule has 2 N–H and O–H groups in total. The Morgan fingerprint density at radius 2 is 1.92 bits per heavy atom. The van der Waals surface area contributed by atoms with E-state index in [0.717, 1.165) is 43.5 Å². The average Bonchev–Trinajstić information content (AvgIpc) is 2.94. The Morgan fingerprint density at radius 3 is 2.50 bits per heavy atom. The third-order valence-electron chi connectivity index (χ3n) is 4.08. The van der Waals surface area contributed by atoms with Crippen LogP contribution >= 0.6 is 22.9 Å². The largest absolute Gasteiger partial charge is 0.335 e. The smallest absolute Gasteiger partial charge is 0.321 e. The van der Waals surface area contributed by atoms with E-state index >= 15 is 0 Å². The molecule has 134 valence electrons. The number of piperazine rings is 1. The van der Waals surface area contributed by atoms with Gasteiger partial charge in [-0.15, -0.1) is 11.3 Å². The number of carbonyl (C=O) groups excluding carboxylic acids is 2. The second-order valence-electron chi connectivity index (χ2n) is 6.09. The molecule has 0 bridgehead atoms. The first-order chi connectivity index (χ1) is 11.5. The number of nitrogens with one attached hydrogen (secondary N) is 2. The Labute approximate surface area is 152 Å². The van der Waals surface area contributed by atoms with E-state index in [1.807, 2.05) is 19.9 Å². The standard InChI is InChI=1S/C16H25ClN4O2S/c1-3-12(2)18-16(23)19-15(22)11-21-8-6-20(7-9-21)10-13-4-5-14(17)24-13/h4-5,12H,3,6-11H2,1-2H3,(H2,18,19,22,23)/t12-/m1/s1. The lowest BCUT2D eigenvalue weighted by molar-refractivity contribution is -0.121. The molecule has 1 aromatic heterocycles. The number of halogens is 1. The molecular weight excluding hydrogens is 348 g/mol. The lowest BCUT2D eigenvalue weighted by atomic mass is 10.3. The monoisotopic (exact) mass is 372 g/mol. The van der Waals surface area contributed by atoms with Gasteiger partial charge >= 0.3 is 6.03 Å². The summed E-state index contributed by atoms with van der Waals surface area (Å²) >= 11 is 7.56. The number of hydrogen-bond acceptors (Lipinski definition) is 5. The first-order valence-corrected chi connectivity index (χ1v) is 9.45. The molecule has 8 heteroatoms.